The van der Waals surface area contributed by atoms with Crippen molar-refractivity contribution >= 4 is 39.1 Å². The minimum absolute atomic E-state index is 0.264. The zero-order chi connectivity index (χ0) is 33.0. The monoisotopic (exact) mass is 686 g/mol. The number of halogens is 2. The average molecular weight is 688 g/mol. The Bertz CT molecular complexity index is 1990. The van der Waals surface area contributed by atoms with Gasteiger partial charge in [-0.3, -0.25) is 0 Å². The predicted octanol–water partition coefficient (Wildman–Crippen LogP) is 9.55. The van der Waals surface area contributed by atoms with Crippen LogP contribution in [0.3, 0.4) is 0 Å². The summed E-state index contributed by atoms with van der Waals surface area (Å²) in [6.07, 6.45) is 10.3. The highest BCUT2D eigenvalue weighted by atomic mass is 35.5. The van der Waals surface area contributed by atoms with Gasteiger partial charge in [0.2, 0.25) is 5.88 Å². The number of aliphatic hydroxyl groups excluding tert-OH is 1. The Kier molecular flexibility index (Phi) is 9.92. The van der Waals surface area contributed by atoms with Crippen molar-refractivity contribution in [2.75, 3.05) is 4.31 Å². The van der Waals surface area contributed by atoms with Gasteiger partial charge in [-0.05, 0) is 65.9 Å². The number of hydrogen-bond acceptors (Lipinski definition) is 4. The van der Waals surface area contributed by atoms with E-state index in [1.54, 1.807) is 30.3 Å². The van der Waals surface area contributed by atoms with Crippen LogP contribution in [0.2, 0.25) is 10.0 Å². The maximum atomic E-state index is 12.7. The molecule has 0 aliphatic carbocycles. The zero-order valence-corrected chi connectivity index (χ0v) is 28.3. The summed E-state index contributed by atoms with van der Waals surface area (Å²) in [7, 11) is -3.98. The molecule has 2 heterocycles. The summed E-state index contributed by atoms with van der Waals surface area (Å²) in [6.45, 7) is 2.23. The molecule has 0 fully saturated rings. The molecule has 4 aromatic carbocycles. The molecule has 0 spiro atoms. The number of rotatable bonds is 12. The fourth-order valence-corrected chi connectivity index (χ4v) is 7.51. The van der Waals surface area contributed by atoms with Crippen molar-refractivity contribution in [1.29, 1.82) is 0 Å². The van der Waals surface area contributed by atoms with Crippen LogP contribution < -0.4 is 9.03 Å². The fourth-order valence-electron chi connectivity index (χ4n) is 5.96. The molecule has 1 aliphatic rings. The molecule has 0 saturated heterocycles. The highest BCUT2D eigenvalue weighted by Gasteiger charge is 2.30. The average Bonchev–Trinajstić information content (AvgIpc) is 3.61. The number of imidazole rings is 1. The van der Waals surface area contributed by atoms with Gasteiger partial charge in [0.1, 0.15) is 5.82 Å². The molecule has 1 atom stereocenters. The van der Waals surface area contributed by atoms with Gasteiger partial charge in [-0.25, -0.2) is 14.0 Å². The molecule has 5 aromatic rings. The Balaban J connectivity index is 1.47. The van der Waals surface area contributed by atoms with E-state index in [0.717, 1.165) is 39.4 Å². The van der Waals surface area contributed by atoms with Crippen molar-refractivity contribution in [2.45, 2.75) is 51.4 Å². The molecule has 1 aliphatic heterocycles. The number of nitrogens with one attached hydrogen (secondary N) is 1. The summed E-state index contributed by atoms with van der Waals surface area (Å²) in [5, 5.41) is 10.9. The van der Waals surface area contributed by atoms with Gasteiger partial charge in [-0.1, -0.05) is 116 Å². The minimum atomic E-state index is -3.98. The van der Waals surface area contributed by atoms with E-state index in [4.69, 9.17) is 28.2 Å². The first-order valence-electron chi connectivity index (χ1n) is 15.8. The maximum Gasteiger partial charge on any atom is 0.330 e. The number of benzene rings is 4. The van der Waals surface area contributed by atoms with Crippen molar-refractivity contribution in [3.63, 3.8) is 0 Å². The summed E-state index contributed by atoms with van der Waals surface area (Å²) in [5.74, 6) is 0.00817. The Labute approximate surface area is 286 Å². The second-order valence-electron chi connectivity index (χ2n) is 11.7. The molecule has 0 saturated carbocycles. The summed E-state index contributed by atoms with van der Waals surface area (Å²) < 4.78 is 30.5. The van der Waals surface area contributed by atoms with E-state index in [9.17, 15) is 13.5 Å². The predicted molar refractivity (Wildman–Crippen MR) is 191 cm³/mol. The Morgan fingerprint density at radius 3 is 2.26 bits per heavy atom. The summed E-state index contributed by atoms with van der Waals surface area (Å²) in [4.78, 5) is 5.21. The molecule has 1 aromatic heterocycles. The van der Waals surface area contributed by atoms with Crippen LogP contribution in [0.5, 0.6) is 0 Å². The number of aryl methyl sites for hydroxylation is 1. The third kappa shape index (κ3) is 7.35. The van der Waals surface area contributed by atoms with E-state index < -0.39 is 16.1 Å². The van der Waals surface area contributed by atoms with Gasteiger partial charge >= 0.3 is 10.2 Å². The third-order valence-corrected chi connectivity index (χ3v) is 10.2. The Morgan fingerprint density at radius 2 is 1.55 bits per heavy atom. The normalized spacial score (nSPS) is 14.5. The van der Waals surface area contributed by atoms with E-state index in [-0.39, 0.29) is 5.92 Å². The van der Waals surface area contributed by atoms with E-state index >= 15 is 0 Å². The van der Waals surface area contributed by atoms with Crippen LogP contribution in [-0.4, -0.2) is 23.1 Å². The molecule has 242 valence electrons. The fraction of sp³-hybridized carbons (Fsp3) is 0.216. The number of aliphatic hydroxyl groups is 1. The van der Waals surface area contributed by atoms with Gasteiger partial charge in [0.15, 0.2) is 0 Å². The molecule has 2 N–H and O–H groups in total. The topological polar surface area (TPSA) is 87.5 Å². The number of aromatic nitrogens is 2. The van der Waals surface area contributed by atoms with Crippen molar-refractivity contribution in [3.8, 4) is 16.9 Å². The van der Waals surface area contributed by atoms with Gasteiger partial charge in [0.25, 0.3) is 0 Å². The quantitative estimate of drug-likeness (QED) is 0.128. The van der Waals surface area contributed by atoms with Gasteiger partial charge in [-0.15, -0.1) is 0 Å². The van der Waals surface area contributed by atoms with Crippen molar-refractivity contribution in [3.05, 3.63) is 148 Å². The second kappa shape index (κ2) is 14.3. The lowest BCUT2D eigenvalue weighted by Crippen LogP contribution is -2.29. The van der Waals surface area contributed by atoms with Crippen molar-refractivity contribution in [1.82, 2.24) is 14.3 Å². The Hall–Kier alpha value is -4.24. The lowest BCUT2D eigenvalue weighted by atomic mass is 9.89. The van der Waals surface area contributed by atoms with Crippen molar-refractivity contribution < 1.29 is 13.5 Å². The van der Waals surface area contributed by atoms with E-state index in [0.29, 0.717) is 27.1 Å². The standard InChI is InChI=1S/C37H36Cl2N4O3S/c1-2-3-4-5-7-11-26-16-18-28(19-17-26)36(27-12-8-6-9-13-27)37-40-34(32-21-20-29(38)22-33(32)39)24-42(37)30-14-10-15-31(23-30)43-25-35(44)41-47(43,45)46/h6,8-10,12-25,36,41,44H,2-5,7,11H2,1H3. The Morgan fingerprint density at radius 1 is 0.830 bits per heavy atom. The summed E-state index contributed by atoms with van der Waals surface area (Å²) in [6, 6.07) is 31.4. The number of nitrogens with zero attached hydrogens (tertiary/aromatic N) is 3. The van der Waals surface area contributed by atoms with Crippen LogP contribution in [0.25, 0.3) is 16.9 Å². The van der Waals surface area contributed by atoms with Crippen LogP contribution in [0.1, 0.15) is 67.5 Å². The largest absolute Gasteiger partial charge is 0.493 e. The molecule has 0 radical (unpaired) electrons. The van der Waals surface area contributed by atoms with E-state index in [1.807, 2.05) is 41.1 Å². The number of hydrogen-bond donors (Lipinski definition) is 2. The highest BCUT2D eigenvalue weighted by molar-refractivity contribution is 7.91. The van der Waals surface area contributed by atoms with Gasteiger partial charge in [0.05, 0.1) is 28.5 Å². The maximum absolute atomic E-state index is 12.7. The molecule has 47 heavy (non-hydrogen) atoms. The number of anilines is 1. The lowest BCUT2D eigenvalue weighted by Gasteiger charge is -2.21. The number of unbranched alkanes of at least 4 members (excludes halogenated alkanes) is 4. The van der Waals surface area contributed by atoms with Gasteiger partial charge in [-0.2, -0.15) is 8.42 Å². The van der Waals surface area contributed by atoms with Crippen LogP contribution >= 0.6 is 23.2 Å². The smallest absolute Gasteiger partial charge is 0.330 e. The zero-order valence-electron chi connectivity index (χ0n) is 26.0. The molecule has 1 unspecified atom stereocenters. The van der Waals surface area contributed by atoms with Crippen molar-refractivity contribution in [2.24, 2.45) is 0 Å². The molecular weight excluding hydrogens is 651 g/mol. The van der Waals surface area contributed by atoms with Crippen LogP contribution in [0, 0.1) is 0 Å². The minimum Gasteiger partial charge on any atom is -0.493 e. The van der Waals surface area contributed by atoms with Crippen LogP contribution in [0.4, 0.5) is 5.69 Å². The molecule has 6 rings (SSSR count). The first kappa shape index (κ1) is 32.7. The van der Waals surface area contributed by atoms with Gasteiger partial charge in [0, 0.05) is 22.5 Å². The highest BCUT2D eigenvalue weighted by Crippen LogP contribution is 2.38. The first-order valence-corrected chi connectivity index (χ1v) is 17.9. The molecular formula is C37H36Cl2N4O3S. The molecule has 7 nitrogen and oxygen atoms in total. The molecule has 0 bridgehead atoms. The first-order chi connectivity index (χ1) is 22.7. The van der Waals surface area contributed by atoms with Crippen LogP contribution in [-0.2, 0) is 16.6 Å². The SMILES string of the molecule is CCCCCCCc1ccc(C(c2ccccc2)c2nc(-c3ccc(Cl)cc3Cl)cn2-c2cccc(N3C=C(O)NS3(=O)=O)c2)cc1. The third-order valence-electron chi connectivity index (χ3n) is 8.31. The second-order valence-corrected chi connectivity index (χ2v) is 14.1. The summed E-state index contributed by atoms with van der Waals surface area (Å²) >= 11 is 12.9. The van der Waals surface area contributed by atoms with E-state index in [2.05, 4.69) is 48.0 Å². The van der Waals surface area contributed by atoms with Gasteiger partial charge < -0.3 is 9.67 Å². The molecule has 10 heteroatoms. The summed E-state index contributed by atoms with van der Waals surface area (Å²) in [5.41, 5.74) is 5.82. The molecule has 0 amide bonds. The lowest BCUT2D eigenvalue weighted by molar-refractivity contribution is 0.392. The van der Waals surface area contributed by atoms with Crippen LogP contribution in [0.15, 0.2) is 115 Å². The van der Waals surface area contributed by atoms with E-state index in [1.165, 1.54) is 37.7 Å².